The molecule has 18 heavy (non-hydrogen) atoms. The lowest BCUT2D eigenvalue weighted by atomic mass is 9.88. The van der Waals surface area contributed by atoms with Gasteiger partial charge in [0.1, 0.15) is 0 Å². The molecule has 1 aliphatic carbocycles. The summed E-state index contributed by atoms with van der Waals surface area (Å²) in [5.74, 6) is 0.174. The Kier molecular flexibility index (Phi) is 4.76. The molecule has 0 aromatic heterocycles. The first-order valence-electron chi connectivity index (χ1n) is 6.86. The van der Waals surface area contributed by atoms with Crippen LogP contribution < -0.4 is 11.1 Å². The van der Waals surface area contributed by atoms with Gasteiger partial charge in [-0.15, -0.1) is 0 Å². The molecule has 0 spiro atoms. The van der Waals surface area contributed by atoms with E-state index in [1.54, 1.807) is 0 Å². The Hall–Kier alpha value is -1.35. The van der Waals surface area contributed by atoms with E-state index >= 15 is 0 Å². The number of nitrogens with one attached hydrogen (secondary N) is 1. The van der Waals surface area contributed by atoms with E-state index in [1.165, 1.54) is 11.1 Å². The summed E-state index contributed by atoms with van der Waals surface area (Å²) in [4.78, 5) is 11.7. The van der Waals surface area contributed by atoms with Crippen LogP contribution in [0, 0.1) is 0 Å². The van der Waals surface area contributed by atoms with Crippen LogP contribution in [0.25, 0.3) is 0 Å². The molecule has 0 radical (unpaired) electrons. The van der Waals surface area contributed by atoms with Crippen molar-refractivity contribution in [3.8, 4) is 0 Å². The highest BCUT2D eigenvalue weighted by Crippen LogP contribution is 2.21. The summed E-state index contributed by atoms with van der Waals surface area (Å²) in [6, 6.07) is 8.83. The summed E-state index contributed by atoms with van der Waals surface area (Å²) in [5, 5.41) is 3.14. The fourth-order valence-corrected chi connectivity index (χ4v) is 2.55. The molecule has 98 valence electrons. The molecule has 3 N–H and O–H groups in total. The van der Waals surface area contributed by atoms with Crippen molar-refractivity contribution in [3.05, 3.63) is 35.4 Å². The molecule has 0 fully saturated rings. The topological polar surface area (TPSA) is 55.1 Å². The minimum absolute atomic E-state index is 0.174. The number of rotatable bonds is 5. The van der Waals surface area contributed by atoms with Crippen LogP contribution >= 0.6 is 0 Å². The fraction of sp³-hybridized carbons (Fsp3) is 0.533. The van der Waals surface area contributed by atoms with E-state index in [0.717, 1.165) is 32.1 Å². The summed E-state index contributed by atoms with van der Waals surface area (Å²) in [6.45, 7) is 0.671. The number of hydrogen-bond donors (Lipinski definition) is 2. The van der Waals surface area contributed by atoms with E-state index in [0.29, 0.717) is 19.0 Å². The number of nitrogens with two attached hydrogens (primary N) is 1. The number of unbranched alkanes of at least 4 members (excludes halogenated alkanes) is 1. The summed E-state index contributed by atoms with van der Waals surface area (Å²) >= 11 is 0. The number of fused-ring (bicyclic) bond motifs is 1. The van der Waals surface area contributed by atoms with E-state index < -0.39 is 0 Å². The molecule has 1 aromatic rings. The lowest BCUT2D eigenvalue weighted by Crippen LogP contribution is -2.38. The Morgan fingerprint density at radius 2 is 2.06 bits per heavy atom. The SMILES string of the molecule is NCCCCC(=O)NC1CCc2ccccc2C1. The Bertz CT molecular complexity index is 403. The van der Waals surface area contributed by atoms with Crippen LogP contribution in [0.5, 0.6) is 0 Å². The van der Waals surface area contributed by atoms with Gasteiger partial charge in [0, 0.05) is 12.5 Å². The average molecular weight is 246 g/mol. The van der Waals surface area contributed by atoms with E-state index in [-0.39, 0.29) is 5.91 Å². The van der Waals surface area contributed by atoms with Crippen molar-refractivity contribution < 1.29 is 4.79 Å². The van der Waals surface area contributed by atoms with Gasteiger partial charge >= 0.3 is 0 Å². The van der Waals surface area contributed by atoms with Crippen molar-refractivity contribution in [3.63, 3.8) is 0 Å². The van der Waals surface area contributed by atoms with Crippen LogP contribution in [0.4, 0.5) is 0 Å². The fourth-order valence-electron chi connectivity index (χ4n) is 2.55. The summed E-state index contributed by atoms with van der Waals surface area (Å²) in [7, 11) is 0. The lowest BCUT2D eigenvalue weighted by molar-refractivity contribution is -0.122. The van der Waals surface area contributed by atoms with Crippen molar-refractivity contribution in [2.24, 2.45) is 5.73 Å². The standard InChI is InChI=1S/C15H22N2O/c16-10-4-3-7-15(18)17-14-9-8-12-5-1-2-6-13(12)11-14/h1-2,5-6,14H,3-4,7-11,16H2,(H,17,18). The third-order valence-electron chi connectivity index (χ3n) is 3.57. The molecule has 0 aliphatic heterocycles. The maximum Gasteiger partial charge on any atom is 0.220 e. The predicted molar refractivity (Wildman–Crippen MR) is 73.3 cm³/mol. The molecule has 0 saturated heterocycles. The minimum Gasteiger partial charge on any atom is -0.353 e. The third kappa shape index (κ3) is 3.57. The lowest BCUT2D eigenvalue weighted by Gasteiger charge is -2.25. The second kappa shape index (κ2) is 6.55. The highest BCUT2D eigenvalue weighted by atomic mass is 16.1. The molecule has 1 unspecified atom stereocenters. The van der Waals surface area contributed by atoms with Gasteiger partial charge < -0.3 is 11.1 Å². The van der Waals surface area contributed by atoms with E-state index in [1.807, 2.05) is 0 Å². The molecule has 1 amide bonds. The number of aryl methyl sites for hydroxylation is 1. The summed E-state index contributed by atoms with van der Waals surface area (Å²) in [5.41, 5.74) is 8.24. The zero-order valence-corrected chi connectivity index (χ0v) is 10.8. The Morgan fingerprint density at radius 3 is 2.83 bits per heavy atom. The molecule has 1 atom stereocenters. The number of benzene rings is 1. The monoisotopic (exact) mass is 246 g/mol. The highest BCUT2D eigenvalue weighted by molar-refractivity contribution is 5.76. The van der Waals surface area contributed by atoms with Crippen LogP contribution in [0.3, 0.4) is 0 Å². The predicted octanol–water partition coefficient (Wildman–Crippen LogP) is 1.79. The second-order valence-corrected chi connectivity index (χ2v) is 5.02. The van der Waals surface area contributed by atoms with E-state index in [4.69, 9.17) is 5.73 Å². The van der Waals surface area contributed by atoms with Crippen molar-refractivity contribution in [1.29, 1.82) is 0 Å². The van der Waals surface area contributed by atoms with Crippen molar-refractivity contribution in [2.45, 2.75) is 44.6 Å². The molecule has 3 nitrogen and oxygen atoms in total. The molecular weight excluding hydrogens is 224 g/mol. The average Bonchev–Trinajstić information content (AvgIpc) is 2.39. The Labute approximate surface area is 109 Å². The van der Waals surface area contributed by atoms with Gasteiger partial charge in [0.15, 0.2) is 0 Å². The van der Waals surface area contributed by atoms with E-state index in [9.17, 15) is 4.79 Å². The number of carbonyl (C=O) groups excluding carboxylic acids is 1. The van der Waals surface area contributed by atoms with Crippen molar-refractivity contribution >= 4 is 5.91 Å². The summed E-state index contributed by atoms with van der Waals surface area (Å²) < 4.78 is 0. The third-order valence-corrected chi connectivity index (χ3v) is 3.57. The summed E-state index contributed by atoms with van der Waals surface area (Å²) in [6.07, 6.45) is 5.53. The second-order valence-electron chi connectivity index (χ2n) is 5.02. The Morgan fingerprint density at radius 1 is 1.28 bits per heavy atom. The molecule has 0 bridgehead atoms. The van der Waals surface area contributed by atoms with Crippen molar-refractivity contribution in [2.75, 3.05) is 6.54 Å². The first-order valence-corrected chi connectivity index (χ1v) is 6.86. The van der Waals surface area contributed by atoms with Gasteiger partial charge in [0.25, 0.3) is 0 Å². The van der Waals surface area contributed by atoms with Gasteiger partial charge in [0.05, 0.1) is 0 Å². The molecule has 0 heterocycles. The molecule has 1 aromatic carbocycles. The van der Waals surface area contributed by atoms with Crippen molar-refractivity contribution in [1.82, 2.24) is 5.32 Å². The number of carbonyl (C=O) groups is 1. The number of amides is 1. The zero-order valence-electron chi connectivity index (χ0n) is 10.8. The van der Waals surface area contributed by atoms with Crippen LogP contribution in [-0.4, -0.2) is 18.5 Å². The van der Waals surface area contributed by atoms with Gasteiger partial charge in [0.2, 0.25) is 5.91 Å². The normalized spacial score (nSPS) is 18.2. The first-order chi connectivity index (χ1) is 8.79. The highest BCUT2D eigenvalue weighted by Gasteiger charge is 2.19. The zero-order chi connectivity index (χ0) is 12.8. The maximum atomic E-state index is 11.7. The van der Waals surface area contributed by atoms with Gasteiger partial charge in [-0.25, -0.2) is 0 Å². The van der Waals surface area contributed by atoms with Crippen LogP contribution in [0.1, 0.15) is 36.8 Å². The van der Waals surface area contributed by atoms with Crippen LogP contribution in [0.2, 0.25) is 0 Å². The molecule has 2 rings (SSSR count). The van der Waals surface area contributed by atoms with Gasteiger partial charge in [-0.1, -0.05) is 24.3 Å². The minimum atomic E-state index is 0.174. The van der Waals surface area contributed by atoms with Crippen LogP contribution in [-0.2, 0) is 17.6 Å². The van der Waals surface area contributed by atoms with Gasteiger partial charge in [-0.2, -0.15) is 0 Å². The van der Waals surface area contributed by atoms with Gasteiger partial charge in [-0.3, -0.25) is 4.79 Å². The molecule has 0 saturated carbocycles. The largest absolute Gasteiger partial charge is 0.353 e. The maximum absolute atomic E-state index is 11.7. The van der Waals surface area contributed by atoms with Crippen LogP contribution in [0.15, 0.2) is 24.3 Å². The van der Waals surface area contributed by atoms with E-state index in [2.05, 4.69) is 29.6 Å². The Balaban J connectivity index is 1.80. The first kappa shape index (κ1) is 13.1. The quantitative estimate of drug-likeness (QED) is 0.778. The smallest absolute Gasteiger partial charge is 0.220 e. The van der Waals surface area contributed by atoms with Gasteiger partial charge in [-0.05, 0) is 49.8 Å². The molecular formula is C15H22N2O. The number of hydrogen-bond acceptors (Lipinski definition) is 2. The molecule has 1 aliphatic rings. The molecule has 3 heteroatoms.